The van der Waals surface area contributed by atoms with Crippen molar-refractivity contribution in [3.8, 4) is 0 Å². The molecule has 3 aliphatic heterocycles. The Kier molecular flexibility index (Phi) is 5.17. The maximum atomic E-state index is 13.2. The van der Waals surface area contributed by atoms with E-state index in [9.17, 15) is 8.42 Å². The van der Waals surface area contributed by atoms with Crippen molar-refractivity contribution in [2.45, 2.75) is 36.9 Å². The van der Waals surface area contributed by atoms with Crippen LogP contribution in [0.5, 0.6) is 0 Å². The highest BCUT2D eigenvalue weighted by atomic mass is 35.5. The van der Waals surface area contributed by atoms with Gasteiger partial charge >= 0.3 is 0 Å². The molecule has 0 amide bonds. The van der Waals surface area contributed by atoms with Crippen LogP contribution >= 0.6 is 11.6 Å². The van der Waals surface area contributed by atoms with E-state index in [-0.39, 0.29) is 12.2 Å². The fraction of sp³-hybridized carbons (Fsp3) is 0.455. The molecule has 0 N–H and O–H groups in total. The molecular formula is C22H26ClN3O3S. The minimum atomic E-state index is -3.51. The molecule has 2 aromatic carbocycles. The molecule has 8 heteroatoms. The van der Waals surface area contributed by atoms with Gasteiger partial charge < -0.3 is 14.5 Å². The molecule has 2 unspecified atom stereocenters. The topological polar surface area (TPSA) is 53.1 Å². The number of sulfonamides is 1. The van der Waals surface area contributed by atoms with Gasteiger partial charge in [-0.1, -0.05) is 23.7 Å². The minimum absolute atomic E-state index is 0.163. The molecule has 0 aliphatic carbocycles. The van der Waals surface area contributed by atoms with Crippen molar-refractivity contribution in [2.75, 3.05) is 42.6 Å². The van der Waals surface area contributed by atoms with Crippen molar-refractivity contribution in [2.24, 2.45) is 0 Å². The van der Waals surface area contributed by atoms with Gasteiger partial charge in [0.05, 0.1) is 35.5 Å². The second kappa shape index (κ2) is 7.71. The van der Waals surface area contributed by atoms with E-state index in [4.69, 9.17) is 16.3 Å². The third-order valence-electron chi connectivity index (χ3n) is 6.45. The summed E-state index contributed by atoms with van der Waals surface area (Å²) in [5.74, 6) is 0. The van der Waals surface area contributed by atoms with Crippen molar-refractivity contribution in [3.05, 3.63) is 53.1 Å². The number of ether oxygens (including phenoxy) is 1. The summed E-state index contributed by atoms with van der Waals surface area (Å²) in [5, 5.41) is 0.730. The number of anilines is 2. The molecule has 3 heterocycles. The van der Waals surface area contributed by atoms with Gasteiger partial charge in [-0.15, -0.1) is 0 Å². The van der Waals surface area contributed by atoms with Crippen LogP contribution in [0.3, 0.4) is 0 Å². The van der Waals surface area contributed by atoms with Crippen molar-refractivity contribution in [3.63, 3.8) is 0 Å². The first kappa shape index (κ1) is 20.1. The van der Waals surface area contributed by atoms with Gasteiger partial charge in [-0.05, 0) is 55.7 Å². The summed E-state index contributed by atoms with van der Waals surface area (Å²) in [5.41, 5.74) is 3.32. The van der Waals surface area contributed by atoms with Crippen LogP contribution < -0.4 is 9.80 Å². The average molecular weight is 448 g/mol. The van der Waals surface area contributed by atoms with E-state index in [1.54, 1.807) is 6.07 Å². The molecule has 2 aromatic rings. The van der Waals surface area contributed by atoms with Gasteiger partial charge in [0.2, 0.25) is 10.0 Å². The van der Waals surface area contributed by atoms with Crippen LogP contribution in [0, 0.1) is 0 Å². The first-order valence-electron chi connectivity index (χ1n) is 10.5. The zero-order valence-corrected chi connectivity index (χ0v) is 18.6. The number of fused-ring (bicyclic) bond motifs is 3. The van der Waals surface area contributed by atoms with Gasteiger partial charge in [0.15, 0.2) is 0 Å². The van der Waals surface area contributed by atoms with Crippen LogP contribution in [0.1, 0.15) is 31.4 Å². The Balaban J connectivity index is 1.52. The Morgan fingerprint density at radius 3 is 2.50 bits per heavy atom. The van der Waals surface area contributed by atoms with Crippen LogP contribution in [-0.2, 0) is 14.8 Å². The molecule has 0 bridgehead atoms. The number of hydrogen-bond acceptors (Lipinski definition) is 5. The Morgan fingerprint density at radius 2 is 1.77 bits per heavy atom. The summed E-state index contributed by atoms with van der Waals surface area (Å²) in [6.07, 6.45) is 2.43. The van der Waals surface area contributed by atoms with E-state index >= 15 is 0 Å². The molecule has 0 spiro atoms. The fourth-order valence-electron chi connectivity index (χ4n) is 4.90. The zero-order valence-electron chi connectivity index (χ0n) is 17.0. The number of morpholine rings is 1. The third-order valence-corrected chi connectivity index (χ3v) is 8.60. The smallest absolute Gasteiger partial charge is 0.243 e. The number of hydrogen-bond donors (Lipinski definition) is 0. The molecule has 2 atom stereocenters. The second-order valence-corrected chi connectivity index (χ2v) is 10.5. The van der Waals surface area contributed by atoms with Gasteiger partial charge in [-0.3, -0.25) is 0 Å². The van der Waals surface area contributed by atoms with Gasteiger partial charge in [0.1, 0.15) is 6.17 Å². The molecule has 2 saturated heterocycles. The second-order valence-electron chi connectivity index (χ2n) is 8.12. The lowest BCUT2D eigenvalue weighted by Crippen LogP contribution is -2.40. The Bertz CT molecular complexity index is 1040. The lowest BCUT2D eigenvalue weighted by atomic mass is 10.1. The van der Waals surface area contributed by atoms with Crippen molar-refractivity contribution in [1.82, 2.24) is 4.31 Å². The van der Waals surface area contributed by atoms with Gasteiger partial charge in [0, 0.05) is 24.7 Å². The number of nitrogens with zero attached hydrogens (tertiary/aromatic N) is 3. The molecule has 5 rings (SSSR count). The van der Waals surface area contributed by atoms with Gasteiger partial charge in [-0.25, -0.2) is 8.42 Å². The lowest BCUT2D eigenvalue weighted by molar-refractivity contribution is 0.0730. The molecule has 2 fully saturated rings. The summed E-state index contributed by atoms with van der Waals surface area (Å²) in [4.78, 5) is 5.16. The Morgan fingerprint density at radius 1 is 1.03 bits per heavy atom. The van der Waals surface area contributed by atoms with E-state index in [1.165, 1.54) is 9.87 Å². The van der Waals surface area contributed by atoms with E-state index in [1.807, 2.05) is 24.3 Å². The van der Waals surface area contributed by atoms with E-state index in [0.717, 1.165) is 35.8 Å². The maximum absolute atomic E-state index is 13.2. The van der Waals surface area contributed by atoms with Crippen LogP contribution in [0.15, 0.2) is 47.4 Å². The first-order valence-corrected chi connectivity index (χ1v) is 12.3. The Labute approximate surface area is 183 Å². The molecule has 0 radical (unpaired) electrons. The molecule has 0 saturated carbocycles. The fourth-order valence-corrected chi connectivity index (χ4v) is 6.45. The van der Waals surface area contributed by atoms with E-state index in [0.29, 0.717) is 31.2 Å². The summed E-state index contributed by atoms with van der Waals surface area (Å²) in [6.45, 7) is 4.86. The summed E-state index contributed by atoms with van der Waals surface area (Å²) in [6, 6.07) is 13.8. The molecule has 30 heavy (non-hydrogen) atoms. The summed E-state index contributed by atoms with van der Waals surface area (Å²) >= 11 is 6.08. The predicted molar refractivity (Wildman–Crippen MR) is 119 cm³/mol. The molecule has 0 aromatic heterocycles. The predicted octanol–water partition coefficient (Wildman–Crippen LogP) is 3.87. The molecule has 6 nitrogen and oxygen atoms in total. The van der Waals surface area contributed by atoms with Crippen LogP contribution in [0.2, 0.25) is 5.02 Å². The minimum Gasteiger partial charge on any atom is -0.379 e. The highest BCUT2D eigenvalue weighted by molar-refractivity contribution is 7.89. The largest absolute Gasteiger partial charge is 0.379 e. The average Bonchev–Trinajstić information content (AvgIpc) is 3.35. The van der Waals surface area contributed by atoms with Crippen LogP contribution in [0.25, 0.3) is 0 Å². The van der Waals surface area contributed by atoms with Crippen LogP contribution in [-0.4, -0.2) is 51.7 Å². The van der Waals surface area contributed by atoms with Gasteiger partial charge in [-0.2, -0.15) is 4.31 Å². The lowest BCUT2D eigenvalue weighted by Gasteiger charge is -2.33. The van der Waals surface area contributed by atoms with Crippen molar-refractivity contribution in [1.29, 1.82) is 0 Å². The Hall–Kier alpha value is -1.80. The molecular weight excluding hydrogens is 422 g/mol. The number of benzene rings is 2. The number of rotatable bonds is 4. The van der Waals surface area contributed by atoms with Crippen LogP contribution in [0.4, 0.5) is 11.4 Å². The zero-order chi connectivity index (χ0) is 20.9. The maximum Gasteiger partial charge on any atom is 0.243 e. The third kappa shape index (κ3) is 3.28. The quantitative estimate of drug-likeness (QED) is 0.712. The van der Waals surface area contributed by atoms with Crippen molar-refractivity contribution >= 4 is 33.0 Å². The normalized spacial score (nSPS) is 22.8. The standard InChI is InChI=1S/C22H26ClN3O3S/c1-16(17-4-6-18(23)7-5-17)26-20-9-8-19(15-21(20)25-10-2-3-22(25)26)30(27,28)24-11-13-29-14-12-24/h4-9,15-16,22H,2-3,10-14H2,1H3. The van der Waals surface area contributed by atoms with E-state index in [2.05, 4.69) is 28.9 Å². The number of halogens is 1. The first-order chi connectivity index (χ1) is 14.5. The highest BCUT2D eigenvalue weighted by Crippen LogP contribution is 2.48. The SMILES string of the molecule is CC(c1ccc(Cl)cc1)N1c2ccc(S(=O)(=O)N3CCOCC3)cc2N2CCCC21. The molecule has 3 aliphatic rings. The highest BCUT2D eigenvalue weighted by Gasteiger charge is 2.42. The van der Waals surface area contributed by atoms with E-state index < -0.39 is 10.0 Å². The summed E-state index contributed by atoms with van der Waals surface area (Å²) in [7, 11) is -3.51. The van der Waals surface area contributed by atoms with Crippen molar-refractivity contribution < 1.29 is 13.2 Å². The van der Waals surface area contributed by atoms with Gasteiger partial charge in [0.25, 0.3) is 0 Å². The monoisotopic (exact) mass is 447 g/mol. The summed E-state index contributed by atoms with van der Waals surface area (Å²) < 4.78 is 33.2. The molecule has 160 valence electrons.